The maximum absolute atomic E-state index is 11.4. The van der Waals surface area contributed by atoms with E-state index in [1.807, 2.05) is 31.2 Å². The average Bonchev–Trinajstić information content (AvgIpc) is 3.11. The van der Waals surface area contributed by atoms with E-state index in [0.717, 1.165) is 63.0 Å². The number of nitrogens with zero attached hydrogens (tertiary/aromatic N) is 2. The van der Waals surface area contributed by atoms with Gasteiger partial charge in [0.15, 0.2) is 0 Å². The lowest BCUT2D eigenvalue weighted by atomic mass is 9.85. The first-order valence-corrected chi connectivity index (χ1v) is 10.1. The summed E-state index contributed by atoms with van der Waals surface area (Å²) in [6.07, 6.45) is 5.14. The number of amidine groups is 1. The van der Waals surface area contributed by atoms with Crippen LogP contribution in [0, 0.1) is 5.41 Å². The third-order valence-corrected chi connectivity index (χ3v) is 5.55. The van der Waals surface area contributed by atoms with Crippen molar-refractivity contribution < 1.29 is 14.4 Å². The highest BCUT2D eigenvalue weighted by molar-refractivity contribution is 6.03. The van der Waals surface area contributed by atoms with Crippen molar-refractivity contribution in [3.05, 3.63) is 35.4 Å². The number of nitrogens with two attached hydrogens (primary N) is 1. The third-order valence-electron chi connectivity index (χ3n) is 5.55. The van der Waals surface area contributed by atoms with Crippen LogP contribution in [0.4, 0.5) is 0 Å². The van der Waals surface area contributed by atoms with Crippen LogP contribution in [0.15, 0.2) is 29.4 Å². The molecule has 3 rings (SSSR count). The number of carbonyl (C=O) groups is 1. The molecular weight excluding hydrogens is 356 g/mol. The zero-order chi connectivity index (χ0) is 20.0. The molecule has 1 aromatic rings. The van der Waals surface area contributed by atoms with E-state index in [-0.39, 0.29) is 17.4 Å². The molecule has 1 saturated heterocycles. The van der Waals surface area contributed by atoms with Gasteiger partial charge < -0.3 is 20.2 Å². The van der Waals surface area contributed by atoms with Crippen molar-refractivity contribution in [2.45, 2.75) is 51.0 Å². The Balaban J connectivity index is 1.41. The molecular formula is C21H30N4O3. The Hall–Kier alpha value is -2.41. The van der Waals surface area contributed by atoms with Crippen molar-refractivity contribution in [2.75, 3.05) is 26.2 Å². The second kappa shape index (κ2) is 9.19. The molecule has 0 unspecified atom stereocenters. The van der Waals surface area contributed by atoms with Gasteiger partial charge in [0.25, 0.3) is 0 Å². The van der Waals surface area contributed by atoms with Crippen molar-refractivity contribution >= 4 is 17.5 Å². The second-order valence-corrected chi connectivity index (χ2v) is 7.58. The monoisotopic (exact) mass is 386 g/mol. The van der Waals surface area contributed by atoms with Gasteiger partial charge in [0.2, 0.25) is 0 Å². The number of benzene rings is 1. The number of hydrogen-bond donors (Lipinski definition) is 2. The predicted octanol–water partition coefficient (Wildman–Crippen LogP) is 2.66. The van der Waals surface area contributed by atoms with E-state index in [1.54, 1.807) is 0 Å². The zero-order valence-corrected chi connectivity index (χ0v) is 16.6. The lowest BCUT2D eigenvalue weighted by Crippen LogP contribution is -2.44. The lowest BCUT2D eigenvalue weighted by Gasteiger charge is -2.37. The molecule has 1 fully saturated rings. The molecule has 2 heterocycles. The van der Waals surface area contributed by atoms with Crippen LogP contribution in [0.2, 0.25) is 0 Å². The molecule has 0 bridgehead atoms. The van der Waals surface area contributed by atoms with Crippen molar-refractivity contribution in [3.8, 4) is 0 Å². The Kier molecular flexibility index (Phi) is 6.67. The molecule has 2 aliphatic rings. The van der Waals surface area contributed by atoms with Crippen LogP contribution in [0.25, 0.3) is 0 Å². The number of nitrogen functional groups attached to an aromatic ring is 1. The second-order valence-electron chi connectivity index (χ2n) is 7.58. The van der Waals surface area contributed by atoms with Gasteiger partial charge in [0.05, 0.1) is 12.3 Å². The third kappa shape index (κ3) is 5.10. The van der Waals surface area contributed by atoms with Crippen LogP contribution in [0.1, 0.15) is 56.6 Å². The first-order chi connectivity index (χ1) is 13.5. The molecule has 0 aromatic heterocycles. The van der Waals surface area contributed by atoms with Gasteiger partial charge in [-0.3, -0.25) is 10.2 Å². The summed E-state index contributed by atoms with van der Waals surface area (Å²) in [7, 11) is 0. The molecule has 0 atom stereocenters. The van der Waals surface area contributed by atoms with Crippen LogP contribution in [-0.2, 0) is 14.4 Å². The van der Waals surface area contributed by atoms with Crippen LogP contribution in [-0.4, -0.2) is 54.3 Å². The molecule has 7 nitrogen and oxygen atoms in total. The predicted molar refractivity (Wildman–Crippen MR) is 109 cm³/mol. The number of nitrogens with one attached hydrogen (secondary N) is 1. The van der Waals surface area contributed by atoms with E-state index >= 15 is 0 Å². The van der Waals surface area contributed by atoms with Gasteiger partial charge in [-0.1, -0.05) is 29.4 Å². The maximum atomic E-state index is 11.4. The summed E-state index contributed by atoms with van der Waals surface area (Å²) in [5.74, 6) is -0.0253. The molecule has 0 saturated carbocycles. The minimum Gasteiger partial charge on any atom is -0.466 e. The highest BCUT2D eigenvalue weighted by atomic mass is 16.7. The molecule has 1 spiro atoms. The fraction of sp³-hybridized carbons (Fsp3) is 0.571. The number of ether oxygens (including phenoxy) is 1. The number of esters is 1. The summed E-state index contributed by atoms with van der Waals surface area (Å²) in [6, 6.07) is 7.61. The molecule has 2 aliphatic heterocycles. The van der Waals surface area contributed by atoms with Gasteiger partial charge in [-0.05, 0) is 31.9 Å². The number of unbranched alkanes of at least 4 members (excludes halogenated alkanes) is 1. The van der Waals surface area contributed by atoms with E-state index in [9.17, 15) is 4.79 Å². The smallest absolute Gasteiger partial charge is 0.305 e. The van der Waals surface area contributed by atoms with E-state index in [4.69, 9.17) is 20.7 Å². The Labute approximate surface area is 166 Å². The topological polar surface area (TPSA) is 101 Å². The highest BCUT2D eigenvalue weighted by Gasteiger charge is 2.42. The van der Waals surface area contributed by atoms with E-state index in [1.165, 1.54) is 0 Å². The Bertz CT molecular complexity index is 722. The van der Waals surface area contributed by atoms with Crippen LogP contribution >= 0.6 is 0 Å². The molecule has 0 aliphatic carbocycles. The number of oxime groups is 1. The van der Waals surface area contributed by atoms with Crippen molar-refractivity contribution in [3.63, 3.8) is 0 Å². The Morgan fingerprint density at radius 3 is 2.64 bits per heavy atom. The average molecular weight is 386 g/mol. The largest absolute Gasteiger partial charge is 0.466 e. The number of hydrogen-bond acceptors (Lipinski definition) is 6. The molecule has 0 radical (unpaired) electrons. The minimum atomic E-state index is -0.185. The van der Waals surface area contributed by atoms with Gasteiger partial charge in [-0.15, -0.1) is 0 Å². The number of rotatable bonds is 8. The van der Waals surface area contributed by atoms with Gasteiger partial charge in [-0.2, -0.15) is 0 Å². The summed E-state index contributed by atoms with van der Waals surface area (Å²) in [4.78, 5) is 19.7. The minimum absolute atomic E-state index is 0.0715. The highest BCUT2D eigenvalue weighted by Crippen LogP contribution is 2.36. The Morgan fingerprint density at radius 2 is 2.00 bits per heavy atom. The standard InChI is InChI=1S/C21H30N4O3/c1-2-27-19(26)5-3-4-12-25-13-10-21(11-14-25)15-18(24-28-21)16-6-8-17(9-7-16)20(22)23/h6-9H,2-5,10-15H2,1H3,(H3,22,23). The van der Waals surface area contributed by atoms with Crippen molar-refractivity contribution in [1.82, 2.24) is 4.90 Å². The summed E-state index contributed by atoms with van der Waals surface area (Å²) in [5.41, 5.74) is 8.05. The SMILES string of the molecule is CCOC(=O)CCCCN1CCC2(CC1)CC(c1ccc(C(=N)N)cc1)=NO2. The van der Waals surface area contributed by atoms with Crippen LogP contribution in [0.3, 0.4) is 0 Å². The maximum Gasteiger partial charge on any atom is 0.305 e. The van der Waals surface area contributed by atoms with Crippen molar-refractivity contribution in [1.29, 1.82) is 5.41 Å². The van der Waals surface area contributed by atoms with Gasteiger partial charge in [0.1, 0.15) is 11.4 Å². The fourth-order valence-corrected chi connectivity index (χ4v) is 3.81. The molecule has 1 aromatic carbocycles. The first kappa shape index (κ1) is 20.3. The number of piperidine rings is 1. The normalized spacial score (nSPS) is 18.5. The molecule has 3 N–H and O–H groups in total. The molecule has 28 heavy (non-hydrogen) atoms. The lowest BCUT2D eigenvalue weighted by molar-refractivity contribution is -0.143. The summed E-state index contributed by atoms with van der Waals surface area (Å²) >= 11 is 0. The zero-order valence-electron chi connectivity index (χ0n) is 16.6. The molecule has 0 amide bonds. The summed E-state index contributed by atoms with van der Waals surface area (Å²) in [5, 5.41) is 11.8. The fourth-order valence-electron chi connectivity index (χ4n) is 3.81. The van der Waals surface area contributed by atoms with E-state index in [2.05, 4.69) is 10.1 Å². The molecule has 7 heteroatoms. The van der Waals surface area contributed by atoms with E-state index in [0.29, 0.717) is 18.6 Å². The first-order valence-electron chi connectivity index (χ1n) is 10.1. The Morgan fingerprint density at radius 1 is 1.29 bits per heavy atom. The summed E-state index contributed by atoms with van der Waals surface area (Å²) < 4.78 is 4.96. The van der Waals surface area contributed by atoms with Gasteiger partial charge in [0, 0.05) is 44.3 Å². The van der Waals surface area contributed by atoms with Gasteiger partial charge in [-0.25, -0.2) is 0 Å². The van der Waals surface area contributed by atoms with E-state index < -0.39 is 0 Å². The number of carbonyl (C=O) groups excluding carboxylic acids is 1. The van der Waals surface area contributed by atoms with Crippen LogP contribution < -0.4 is 5.73 Å². The van der Waals surface area contributed by atoms with Crippen molar-refractivity contribution in [2.24, 2.45) is 10.9 Å². The quantitative estimate of drug-likeness (QED) is 0.310. The molecule has 152 valence electrons. The number of likely N-dealkylation sites (tertiary alicyclic amines) is 1. The summed E-state index contributed by atoms with van der Waals surface area (Å²) in [6.45, 7) is 5.29. The van der Waals surface area contributed by atoms with Crippen LogP contribution in [0.5, 0.6) is 0 Å². The van der Waals surface area contributed by atoms with Gasteiger partial charge >= 0.3 is 5.97 Å².